The highest BCUT2D eigenvalue weighted by Gasteiger charge is 2.32. The van der Waals surface area contributed by atoms with Crippen LogP contribution in [0.25, 0.3) is 0 Å². The number of benzene rings is 2. The zero-order valence-corrected chi connectivity index (χ0v) is 18.2. The van der Waals surface area contributed by atoms with Gasteiger partial charge >= 0.3 is 0 Å². The zero-order valence-electron chi connectivity index (χ0n) is 16.6. The van der Waals surface area contributed by atoms with Gasteiger partial charge in [-0.2, -0.15) is 0 Å². The molecule has 0 bridgehead atoms. The smallest absolute Gasteiger partial charge is 0.260 e. The number of rotatable bonds is 9. The molecule has 0 heterocycles. The van der Waals surface area contributed by atoms with Crippen molar-refractivity contribution in [1.82, 2.24) is 4.90 Å². The summed E-state index contributed by atoms with van der Waals surface area (Å²) in [5.41, 5.74) is 1.83. The molecule has 0 unspecified atom stereocenters. The second-order valence-corrected chi connectivity index (χ2v) is 7.89. The predicted octanol–water partition coefficient (Wildman–Crippen LogP) is 4.16. The summed E-state index contributed by atoms with van der Waals surface area (Å²) in [6, 6.07) is 13.2. The second kappa shape index (κ2) is 9.78. The summed E-state index contributed by atoms with van der Waals surface area (Å²) in [7, 11) is 1.56. The molecule has 1 aliphatic carbocycles. The molecule has 2 amide bonds. The van der Waals surface area contributed by atoms with Crippen LogP contribution in [-0.2, 0) is 9.59 Å². The Labute approximate surface area is 179 Å². The lowest BCUT2D eigenvalue weighted by Crippen LogP contribution is -2.38. The lowest BCUT2D eigenvalue weighted by atomic mass is 10.2. The Morgan fingerprint density at radius 2 is 1.90 bits per heavy atom. The number of para-hydroxylation sites is 2. The summed E-state index contributed by atoms with van der Waals surface area (Å²) < 4.78 is 11.7. The molecule has 6 nitrogen and oxygen atoms in total. The molecular formula is C22H25BrN2O4. The van der Waals surface area contributed by atoms with Crippen LogP contribution in [0.15, 0.2) is 46.9 Å². The van der Waals surface area contributed by atoms with E-state index in [2.05, 4.69) is 21.2 Å². The number of hydrogen-bond donors (Lipinski definition) is 1. The van der Waals surface area contributed by atoms with Crippen LogP contribution in [0.4, 0.5) is 5.69 Å². The van der Waals surface area contributed by atoms with E-state index >= 15 is 0 Å². The van der Waals surface area contributed by atoms with Gasteiger partial charge in [0.05, 0.1) is 12.8 Å². The van der Waals surface area contributed by atoms with E-state index < -0.39 is 0 Å². The third kappa shape index (κ3) is 5.97. The van der Waals surface area contributed by atoms with Gasteiger partial charge in [0.15, 0.2) is 18.1 Å². The molecular weight excluding hydrogens is 436 g/mol. The molecule has 0 saturated heterocycles. The van der Waals surface area contributed by atoms with Gasteiger partial charge < -0.3 is 19.7 Å². The number of nitrogens with zero attached hydrogens (tertiary/aromatic N) is 1. The third-order valence-corrected chi connectivity index (χ3v) is 5.36. The first-order chi connectivity index (χ1) is 14.0. The van der Waals surface area contributed by atoms with Crippen molar-refractivity contribution >= 4 is 33.4 Å². The highest BCUT2D eigenvalue weighted by Crippen LogP contribution is 2.29. The number of ether oxygens (including phenoxy) is 2. The predicted molar refractivity (Wildman–Crippen MR) is 115 cm³/mol. The summed E-state index contributed by atoms with van der Waals surface area (Å²) in [6.45, 7) is 2.28. The Morgan fingerprint density at radius 3 is 2.55 bits per heavy atom. The number of halogens is 1. The molecule has 3 rings (SSSR count). The standard InChI is InChI=1S/C22H25BrN2O4/c1-15-7-10-18(17(23)13-15)24-21(26)11-12-25(16-8-9-16)22(27)14-29-20-6-4-3-5-19(20)28-2/h3-7,10,13,16H,8-9,11-12,14H2,1-2H3,(H,24,26). The van der Waals surface area contributed by atoms with E-state index in [1.807, 2.05) is 37.3 Å². The first-order valence-corrected chi connectivity index (χ1v) is 10.4. The van der Waals surface area contributed by atoms with Gasteiger partial charge in [0, 0.05) is 23.5 Å². The number of anilines is 1. The maximum atomic E-state index is 12.7. The molecule has 7 heteroatoms. The van der Waals surface area contributed by atoms with Crippen molar-refractivity contribution in [3.05, 3.63) is 52.5 Å². The molecule has 1 N–H and O–H groups in total. The molecule has 1 saturated carbocycles. The molecule has 1 aliphatic rings. The molecule has 0 aromatic heterocycles. The van der Waals surface area contributed by atoms with Crippen molar-refractivity contribution in [3.8, 4) is 11.5 Å². The van der Waals surface area contributed by atoms with E-state index in [0.717, 1.165) is 28.6 Å². The van der Waals surface area contributed by atoms with Gasteiger partial charge in [-0.3, -0.25) is 9.59 Å². The molecule has 2 aromatic rings. The van der Waals surface area contributed by atoms with Gasteiger partial charge in [-0.05, 0) is 65.5 Å². The molecule has 0 radical (unpaired) electrons. The van der Waals surface area contributed by atoms with E-state index in [9.17, 15) is 9.59 Å². The van der Waals surface area contributed by atoms with Crippen molar-refractivity contribution in [2.75, 3.05) is 25.6 Å². The van der Waals surface area contributed by atoms with Gasteiger partial charge in [-0.25, -0.2) is 0 Å². The van der Waals surface area contributed by atoms with Crippen molar-refractivity contribution < 1.29 is 19.1 Å². The van der Waals surface area contributed by atoms with Crippen LogP contribution in [0.2, 0.25) is 0 Å². The molecule has 2 aromatic carbocycles. The number of methoxy groups -OCH3 is 1. The number of aryl methyl sites for hydroxylation is 1. The number of amides is 2. The fourth-order valence-corrected chi connectivity index (χ4v) is 3.61. The minimum Gasteiger partial charge on any atom is -0.493 e. The Hall–Kier alpha value is -2.54. The number of hydrogen-bond acceptors (Lipinski definition) is 4. The van der Waals surface area contributed by atoms with E-state index in [1.54, 1.807) is 24.1 Å². The summed E-state index contributed by atoms with van der Waals surface area (Å²) in [4.78, 5) is 26.8. The van der Waals surface area contributed by atoms with Crippen LogP contribution in [0.3, 0.4) is 0 Å². The number of nitrogens with one attached hydrogen (secondary N) is 1. The van der Waals surface area contributed by atoms with Gasteiger partial charge in [0.2, 0.25) is 5.91 Å². The molecule has 1 fully saturated rings. The first-order valence-electron chi connectivity index (χ1n) is 9.59. The van der Waals surface area contributed by atoms with Gasteiger partial charge in [0.25, 0.3) is 5.91 Å². The summed E-state index contributed by atoms with van der Waals surface area (Å²) in [5.74, 6) is 0.865. The average Bonchev–Trinajstić information content (AvgIpc) is 3.54. The van der Waals surface area contributed by atoms with Crippen molar-refractivity contribution in [2.24, 2.45) is 0 Å². The SMILES string of the molecule is COc1ccccc1OCC(=O)N(CCC(=O)Nc1ccc(C)cc1Br)C1CC1. The Morgan fingerprint density at radius 1 is 1.17 bits per heavy atom. The van der Waals surface area contributed by atoms with E-state index in [-0.39, 0.29) is 30.9 Å². The largest absolute Gasteiger partial charge is 0.493 e. The Balaban J connectivity index is 1.53. The molecule has 0 spiro atoms. The average molecular weight is 461 g/mol. The molecule has 154 valence electrons. The van der Waals surface area contributed by atoms with Crippen LogP contribution in [0.5, 0.6) is 11.5 Å². The fraction of sp³-hybridized carbons (Fsp3) is 0.364. The lowest BCUT2D eigenvalue weighted by Gasteiger charge is -2.22. The zero-order chi connectivity index (χ0) is 20.8. The topological polar surface area (TPSA) is 67.9 Å². The molecule has 0 aliphatic heterocycles. The molecule has 0 atom stereocenters. The van der Waals surface area contributed by atoms with Crippen LogP contribution < -0.4 is 14.8 Å². The quantitative estimate of drug-likeness (QED) is 0.609. The second-order valence-electron chi connectivity index (χ2n) is 7.04. The van der Waals surface area contributed by atoms with Gasteiger partial charge in [-0.1, -0.05) is 18.2 Å². The van der Waals surface area contributed by atoms with Crippen LogP contribution >= 0.6 is 15.9 Å². The van der Waals surface area contributed by atoms with Crippen LogP contribution in [0.1, 0.15) is 24.8 Å². The minimum atomic E-state index is -0.126. The number of carbonyl (C=O) groups is 2. The molecule has 29 heavy (non-hydrogen) atoms. The van der Waals surface area contributed by atoms with Crippen LogP contribution in [0, 0.1) is 6.92 Å². The van der Waals surface area contributed by atoms with Crippen molar-refractivity contribution in [3.63, 3.8) is 0 Å². The first kappa shape index (κ1) is 21.2. The van der Waals surface area contributed by atoms with Gasteiger partial charge in [-0.15, -0.1) is 0 Å². The van der Waals surface area contributed by atoms with E-state index in [1.165, 1.54) is 0 Å². The monoisotopic (exact) mass is 460 g/mol. The number of carbonyl (C=O) groups excluding carboxylic acids is 2. The lowest BCUT2D eigenvalue weighted by molar-refractivity contribution is -0.134. The fourth-order valence-electron chi connectivity index (χ4n) is 3.01. The van der Waals surface area contributed by atoms with E-state index in [0.29, 0.717) is 18.0 Å². The minimum absolute atomic E-state index is 0.0813. The van der Waals surface area contributed by atoms with Crippen LogP contribution in [-0.4, -0.2) is 43.0 Å². The van der Waals surface area contributed by atoms with E-state index in [4.69, 9.17) is 9.47 Å². The van der Waals surface area contributed by atoms with Gasteiger partial charge in [0.1, 0.15) is 0 Å². The maximum absolute atomic E-state index is 12.7. The summed E-state index contributed by atoms with van der Waals surface area (Å²) in [5, 5.41) is 2.89. The highest BCUT2D eigenvalue weighted by atomic mass is 79.9. The highest BCUT2D eigenvalue weighted by molar-refractivity contribution is 9.10. The maximum Gasteiger partial charge on any atom is 0.260 e. The normalized spacial score (nSPS) is 12.9. The van der Waals surface area contributed by atoms with Crippen molar-refractivity contribution in [2.45, 2.75) is 32.2 Å². The third-order valence-electron chi connectivity index (χ3n) is 4.71. The Kier molecular flexibility index (Phi) is 7.14. The van der Waals surface area contributed by atoms with Crippen molar-refractivity contribution in [1.29, 1.82) is 0 Å². The summed E-state index contributed by atoms with van der Waals surface area (Å²) in [6.07, 6.45) is 2.16. The summed E-state index contributed by atoms with van der Waals surface area (Å²) >= 11 is 3.46. The Bertz CT molecular complexity index is 883.